The lowest BCUT2D eigenvalue weighted by atomic mass is 9.72. The first-order valence-corrected chi connectivity index (χ1v) is 34.4. The van der Waals surface area contributed by atoms with Crippen LogP contribution in [0.3, 0.4) is 0 Å². The highest BCUT2D eigenvalue weighted by atomic mass is 19.4. The Morgan fingerprint density at radius 1 is 0.657 bits per heavy atom. The molecule has 3 heterocycles. The third kappa shape index (κ3) is 18.2. The number of fused-ring (bicyclic) bond motifs is 2. The number of nitrogens with one attached hydrogen (secondary N) is 2. The van der Waals surface area contributed by atoms with Crippen LogP contribution in [-0.4, -0.2) is 177 Å². The number of carbonyl (C=O) groups excluding carboxylic acids is 5. The van der Waals surface area contributed by atoms with Gasteiger partial charge in [-0.2, -0.15) is 26.3 Å². The van der Waals surface area contributed by atoms with Gasteiger partial charge in [-0.3, -0.25) is 24.5 Å². The molecule has 5 aliphatic rings. The lowest BCUT2D eigenvalue weighted by molar-refractivity contribution is -0.143. The lowest BCUT2D eigenvalue weighted by Gasteiger charge is -2.44. The Morgan fingerprint density at radius 2 is 1.31 bits per heavy atom. The minimum absolute atomic E-state index is 0.0258. The van der Waals surface area contributed by atoms with Crippen molar-refractivity contribution in [2.24, 2.45) is 0 Å². The van der Waals surface area contributed by atoms with Gasteiger partial charge >= 0.3 is 18.4 Å². The van der Waals surface area contributed by atoms with E-state index in [4.69, 9.17) is 14.2 Å². The highest BCUT2D eigenvalue weighted by molar-refractivity contribution is 5.96. The maximum Gasteiger partial charge on any atom is 0.416 e. The Kier molecular flexibility index (Phi) is 23.1. The number of amides is 5. The molecule has 3 aliphatic heterocycles. The van der Waals surface area contributed by atoms with E-state index in [2.05, 4.69) is 32.6 Å². The van der Waals surface area contributed by atoms with Crippen LogP contribution in [0.25, 0.3) is 11.1 Å². The van der Waals surface area contributed by atoms with E-state index < -0.39 is 64.6 Å². The molecule has 2 N–H and O–H groups in total. The van der Waals surface area contributed by atoms with Crippen LogP contribution in [0.15, 0.2) is 146 Å². The Bertz CT molecular complexity index is 3720. The molecule has 11 rings (SSSR count). The van der Waals surface area contributed by atoms with Crippen molar-refractivity contribution in [3.63, 3.8) is 0 Å². The fraction of sp³-hybridized carbons (Fsp3) is 0.461. The number of ether oxygens (including phenoxy) is 3. The van der Waals surface area contributed by atoms with E-state index in [1.807, 2.05) is 103 Å². The number of anilines is 2. The van der Waals surface area contributed by atoms with Crippen LogP contribution in [0.5, 0.6) is 0 Å². The topological polar surface area (TPSA) is 157 Å². The molecule has 0 radical (unpaired) electrons. The SMILES string of the molecule is CN(CCN1CCC(OC(=O)Nc2ccccc2-c2ccccc2)CC1)C(=O)CCCCCNc1ccc(C(=O)N(CCCN(C)C(=O)CO[C@H]2Cc3ccccc3C23CCN(CC[C@@]2(c4ccc(F)cc4)CN(C(=O)c4cc(C(F)(F)F)cc(C(F)(F)F)c4)CO2)CC3)C2CC2)cc1. The summed E-state index contributed by atoms with van der Waals surface area (Å²) in [5.41, 5.74) is 1.29. The van der Waals surface area contributed by atoms with Gasteiger partial charge < -0.3 is 48.9 Å². The number of likely N-dealkylation sites (N-methyl/N-ethyl adjacent to an activating group) is 2. The highest BCUT2D eigenvalue weighted by Gasteiger charge is 2.50. The largest absolute Gasteiger partial charge is 0.446 e. The van der Waals surface area contributed by atoms with Gasteiger partial charge in [-0.25, -0.2) is 9.18 Å². The molecule has 2 aliphatic carbocycles. The summed E-state index contributed by atoms with van der Waals surface area (Å²) >= 11 is 0. The second-order valence-corrected chi connectivity index (χ2v) is 27.0. The summed E-state index contributed by atoms with van der Waals surface area (Å²) in [6, 6.07) is 39.7. The third-order valence-corrected chi connectivity index (χ3v) is 20.3. The van der Waals surface area contributed by atoms with Gasteiger partial charge in [0, 0.05) is 107 Å². The Morgan fingerprint density at radius 3 is 2.01 bits per heavy atom. The van der Waals surface area contributed by atoms with Gasteiger partial charge in [-0.05, 0) is 167 Å². The number of halogens is 7. The number of nitrogens with zero attached hydrogens (tertiary/aromatic N) is 6. The average Bonchev–Trinajstić information content (AvgIpc) is 1.61. The summed E-state index contributed by atoms with van der Waals surface area (Å²) in [6.45, 7) is 5.46. The van der Waals surface area contributed by atoms with E-state index in [0.29, 0.717) is 100 Å². The average molecular weight is 1370 g/mol. The van der Waals surface area contributed by atoms with Gasteiger partial charge in [0.05, 0.1) is 29.5 Å². The van der Waals surface area contributed by atoms with Gasteiger partial charge in [-0.1, -0.05) is 91.3 Å². The first kappa shape index (κ1) is 71.9. The van der Waals surface area contributed by atoms with Crippen LogP contribution >= 0.6 is 0 Å². The molecule has 99 heavy (non-hydrogen) atoms. The molecule has 6 aromatic rings. The fourth-order valence-electron chi connectivity index (χ4n) is 14.3. The minimum Gasteiger partial charge on any atom is -0.446 e. The number of likely N-dealkylation sites (tertiary alicyclic amines) is 2. The van der Waals surface area contributed by atoms with Gasteiger partial charge in [0.25, 0.3) is 11.8 Å². The summed E-state index contributed by atoms with van der Waals surface area (Å²) < 4.78 is 116. The van der Waals surface area contributed by atoms with Crippen molar-refractivity contribution in [2.75, 3.05) is 110 Å². The first-order valence-electron chi connectivity index (χ1n) is 34.4. The predicted molar refractivity (Wildman–Crippen MR) is 362 cm³/mol. The summed E-state index contributed by atoms with van der Waals surface area (Å²) in [5.74, 6) is -1.70. The van der Waals surface area contributed by atoms with Gasteiger partial charge in [-0.15, -0.1) is 0 Å². The Balaban J connectivity index is 0.578. The zero-order valence-electron chi connectivity index (χ0n) is 56.1. The van der Waals surface area contributed by atoms with Gasteiger partial charge in [0.2, 0.25) is 11.8 Å². The molecule has 0 bridgehead atoms. The molecule has 528 valence electrons. The maximum absolute atomic E-state index is 14.3. The molecule has 6 aromatic carbocycles. The van der Waals surface area contributed by atoms with Crippen molar-refractivity contribution >= 4 is 41.1 Å². The van der Waals surface area contributed by atoms with Crippen molar-refractivity contribution in [3.05, 3.63) is 190 Å². The lowest BCUT2D eigenvalue weighted by Crippen LogP contribution is -2.50. The Hall–Kier alpha value is -8.38. The van der Waals surface area contributed by atoms with E-state index in [1.165, 1.54) is 29.8 Å². The second-order valence-electron chi connectivity index (χ2n) is 27.0. The van der Waals surface area contributed by atoms with E-state index in [1.54, 1.807) is 16.8 Å². The molecular weight excluding hydrogens is 1290 g/mol. The van der Waals surface area contributed by atoms with E-state index in [9.17, 15) is 54.7 Å². The van der Waals surface area contributed by atoms with Crippen LogP contribution in [0.2, 0.25) is 0 Å². The fourth-order valence-corrected chi connectivity index (χ4v) is 14.3. The van der Waals surface area contributed by atoms with E-state index in [-0.39, 0.29) is 61.6 Å². The number of rotatable bonds is 27. The van der Waals surface area contributed by atoms with E-state index >= 15 is 0 Å². The molecule has 23 heteroatoms. The molecule has 3 saturated heterocycles. The molecule has 2 atom stereocenters. The van der Waals surface area contributed by atoms with Crippen LogP contribution in [0, 0.1) is 5.82 Å². The molecule has 1 saturated carbocycles. The zero-order chi connectivity index (χ0) is 69.9. The number of piperidine rings is 2. The summed E-state index contributed by atoms with van der Waals surface area (Å²) in [5, 5.41) is 6.38. The maximum atomic E-state index is 14.3. The predicted octanol–water partition coefficient (Wildman–Crippen LogP) is 13.5. The Labute approximate surface area is 573 Å². The van der Waals surface area contributed by atoms with Crippen molar-refractivity contribution in [1.29, 1.82) is 0 Å². The quantitative estimate of drug-likeness (QED) is 0.0374. The molecule has 0 unspecified atom stereocenters. The van der Waals surface area contributed by atoms with Crippen LogP contribution in [0.4, 0.5) is 46.9 Å². The number of alkyl halides is 6. The van der Waals surface area contributed by atoms with Crippen LogP contribution < -0.4 is 10.6 Å². The summed E-state index contributed by atoms with van der Waals surface area (Å²) in [7, 11) is 3.60. The molecule has 0 aromatic heterocycles. The number of hydrogen-bond donors (Lipinski definition) is 2. The molecule has 4 fully saturated rings. The molecule has 1 spiro atoms. The minimum atomic E-state index is -5.15. The third-order valence-electron chi connectivity index (χ3n) is 20.3. The zero-order valence-corrected chi connectivity index (χ0v) is 56.1. The smallest absolute Gasteiger partial charge is 0.416 e. The van der Waals surface area contributed by atoms with Crippen molar-refractivity contribution in [3.8, 4) is 11.1 Å². The molecule has 16 nitrogen and oxygen atoms in total. The number of unbranched alkanes of at least 4 members (excludes halogenated alkanes) is 2. The van der Waals surface area contributed by atoms with Gasteiger partial charge in [0.1, 0.15) is 30.9 Å². The number of para-hydroxylation sites is 1. The number of carbonyl (C=O) groups is 5. The van der Waals surface area contributed by atoms with Crippen LogP contribution in [-0.2, 0) is 53.6 Å². The molecular formula is C76H87F7N8O8. The molecule has 5 amide bonds. The van der Waals surface area contributed by atoms with Crippen molar-refractivity contribution in [1.82, 2.24) is 29.4 Å². The summed E-state index contributed by atoms with van der Waals surface area (Å²) in [6.07, 6.45) is -2.09. The van der Waals surface area contributed by atoms with Crippen molar-refractivity contribution in [2.45, 2.75) is 125 Å². The number of benzene rings is 6. The second kappa shape index (κ2) is 31.9. The highest BCUT2D eigenvalue weighted by Crippen LogP contribution is 2.49. The monoisotopic (exact) mass is 1370 g/mol. The standard InChI is InChI=1S/C76H87F7N8O8/c1-86(37-13-38-91(62-29-30-62)71(95)54-21-27-61(28-22-54)84-36-12-4-7-20-68(92)87(2)44-45-88-39-31-63(32-40-88)99-72(96)85-66-19-11-9-17-64(66)53-14-5-3-6-15-53)69(93)50-97-67-48-55-16-8-10-18-65(55)73(67)33-41-89(42-34-73)43-35-74(57-23-25-60(77)26-24-57)51-90(52-98-74)70(94)56-46-58(75(78,79)80)49-59(47-56)76(81,82)83/h3,5-6,8-11,14-19,21-28,46-47,49,62-63,67,84H,4,7,12-13,20,29-45,48,50-52H2,1-2H3,(H,85,96)/t67-,74-/m0/s1. The van der Waals surface area contributed by atoms with E-state index in [0.717, 1.165) is 98.4 Å². The van der Waals surface area contributed by atoms with Crippen LogP contribution in [0.1, 0.15) is 126 Å². The number of hydrogen-bond acceptors (Lipinski definition) is 11. The van der Waals surface area contributed by atoms with Crippen molar-refractivity contribution < 1.29 is 68.9 Å². The first-order chi connectivity index (χ1) is 47.5. The summed E-state index contributed by atoms with van der Waals surface area (Å²) in [4.78, 5) is 78.4. The normalized spacial score (nSPS) is 18.8. The van der Waals surface area contributed by atoms with Gasteiger partial charge in [0.15, 0.2) is 0 Å².